The second kappa shape index (κ2) is 13.0. The summed E-state index contributed by atoms with van der Waals surface area (Å²) >= 11 is 18.9. The molecule has 0 fully saturated rings. The molecule has 220 valence electrons. The third-order valence-corrected chi connectivity index (χ3v) is 9.19. The minimum Gasteiger partial charge on any atom is -0.350 e. The van der Waals surface area contributed by atoms with Crippen LogP contribution in [0.5, 0.6) is 0 Å². The highest BCUT2D eigenvalue weighted by Gasteiger charge is 2.34. The van der Waals surface area contributed by atoms with Gasteiger partial charge in [-0.3, -0.25) is 13.9 Å². The fourth-order valence-electron chi connectivity index (χ4n) is 4.11. The molecular formula is C30H34Cl3N3O4S. The van der Waals surface area contributed by atoms with Gasteiger partial charge in [0.15, 0.2) is 0 Å². The SMILES string of the molecule is Cc1ccc(S(=O)(=O)N(CC(=O)N(Cc2ccc(Cl)cc2Cl)C(C)C(=O)NC(C)(C)C)c2cccc(Cl)c2C)cc1. The fraction of sp³-hybridized carbons (Fsp3) is 0.333. The summed E-state index contributed by atoms with van der Waals surface area (Å²) in [6.45, 7) is 9.97. The summed E-state index contributed by atoms with van der Waals surface area (Å²) < 4.78 is 29.0. The molecule has 2 amide bonds. The lowest BCUT2D eigenvalue weighted by molar-refractivity contribution is -0.140. The van der Waals surface area contributed by atoms with Crippen molar-refractivity contribution in [3.8, 4) is 0 Å². The number of halogens is 3. The lowest BCUT2D eigenvalue weighted by Crippen LogP contribution is -2.54. The number of benzene rings is 3. The van der Waals surface area contributed by atoms with Gasteiger partial charge in [-0.05, 0) is 89.1 Å². The van der Waals surface area contributed by atoms with Crippen molar-refractivity contribution in [1.82, 2.24) is 10.2 Å². The molecule has 0 saturated carbocycles. The molecular weight excluding hydrogens is 605 g/mol. The maximum atomic E-state index is 14.1. The number of carbonyl (C=O) groups excluding carboxylic acids is 2. The largest absolute Gasteiger partial charge is 0.350 e. The van der Waals surface area contributed by atoms with Gasteiger partial charge in [-0.25, -0.2) is 8.42 Å². The van der Waals surface area contributed by atoms with Crippen LogP contribution in [0, 0.1) is 13.8 Å². The number of hydrogen-bond donors (Lipinski definition) is 1. The van der Waals surface area contributed by atoms with Gasteiger partial charge in [0.2, 0.25) is 11.8 Å². The summed E-state index contributed by atoms with van der Waals surface area (Å²) in [6, 6.07) is 15.1. The first-order valence-electron chi connectivity index (χ1n) is 12.9. The molecule has 0 aromatic heterocycles. The van der Waals surface area contributed by atoms with Crippen LogP contribution in [-0.2, 0) is 26.2 Å². The molecule has 0 aliphatic heterocycles. The van der Waals surface area contributed by atoms with E-state index < -0.39 is 40.0 Å². The molecule has 0 heterocycles. The second-order valence-corrected chi connectivity index (χ2v) is 14.0. The Bertz CT molecular complexity index is 1540. The molecule has 0 aliphatic rings. The molecule has 0 bridgehead atoms. The zero-order valence-electron chi connectivity index (χ0n) is 23.8. The summed E-state index contributed by atoms with van der Waals surface area (Å²) in [5.74, 6) is -1.01. The Balaban J connectivity index is 2.10. The van der Waals surface area contributed by atoms with Crippen molar-refractivity contribution in [1.29, 1.82) is 0 Å². The molecule has 1 unspecified atom stereocenters. The van der Waals surface area contributed by atoms with E-state index in [4.69, 9.17) is 34.8 Å². The highest BCUT2D eigenvalue weighted by molar-refractivity contribution is 7.92. The first-order chi connectivity index (χ1) is 19.0. The molecule has 0 spiro atoms. The molecule has 3 aromatic rings. The van der Waals surface area contributed by atoms with Gasteiger partial charge in [0.05, 0.1) is 10.6 Å². The van der Waals surface area contributed by atoms with Gasteiger partial charge in [0, 0.05) is 27.2 Å². The van der Waals surface area contributed by atoms with E-state index in [-0.39, 0.29) is 17.1 Å². The van der Waals surface area contributed by atoms with Gasteiger partial charge in [0.25, 0.3) is 10.0 Å². The topological polar surface area (TPSA) is 86.8 Å². The standard InChI is InChI=1S/C30H34Cl3N3O4S/c1-19-10-14-24(15-11-19)41(39,40)36(27-9-7-8-25(32)20(27)2)18-28(37)35(21(3)29(38)34-30(4,5)6)17-22-12-13-23(31)16-26(22)33/h7-16,21H,17-18H2,1-6H3,(H,34,38). The van der Waals surface area contributed by atoms with E-state index >= 15 is 0 Å². The Labute approximate surface area is 257 Å². The van der Waals surface area contributed by atoms with Crippen LogP contribution in [0.4, 0.5) is 5.69 Å². The summed E-state index contributed by atoms with van der Waals surface area (Å²) in [5.41, 5.74) is 1.62. The predicted octanol–water partition coefficient (Wildman–Crippen LogP) is 6.79. The molecule has 11 heteroatoms. The van der Waals surface area contributed by atoms with Crippen LogP contribution in [0.3, 0.4) is 0 Å². The van der Waals surface area contributed by atoms with Crippen LogP contribution >= 0.6 is 34.8 Å². The van der Waals surface area contributed by atoms with Crippen molar-refractivity contribution in [3.05, 3.63) is 92.4 Å². The molecule has 0 radical (unpaired) electrons. The summed E-state index contributed by atoms with van der Waals surface area (Å²) in [5, 5.41) is 3.97. The lowest BCUT2D eigenvalue weighted by atomic mass is 10.1. The van der Waals surface area contributed by atoms with Gasteiger partial charge >= 0.3 is 0 Å². The van der Waals surface area contributed by atoms with Gasteiger partial charge in [-0.2, -0.15) is 0 Å². The number of aryl methyl sites for hydroxylation is 1. The highest BCUT2D eigenvalue weighted by Crippen LogP contribution is 2.32. The Morgan fingerprint density at radius 3 is 2.15 bits per heavy atom. The number of nitrogens with one attached hydrogen (secondary N) is 1. The van der Waals surface area contributed by atoms with Crippen LogP contribution in [0.15, 0.2) is 65.6 Å². The summed E-state index contributed by atoms with van der Waals surface area (Å²) in [6.07, 6.45) is 0. The molecule has 41 heavy (non-hydrogen) atoms. The number of rotatable bonds is 9. The predicted molar refractivity (Wildman–Crippen MR) is 166 cm³/mol. The maximum Gasteiger partial charge on any atom is 0.264 e. The molecule has 3 rings (SSSR count). The monoisotopic (exact) mass is 637 g/mol. The first kappa shape index (κ1) is 32.7. The first-order valence-corrected chi connectivity index (χ1v) is 15.5. The number of sulfonamides is 1. The molecule has 7 nitrogen and oxygen atoms in total. The minimum absolute atomic E-state index is 0.0149. The number of hydrogen-bond acceptors (Lipinski definition) is 4. The van der Waals surface area contributed by atoms with E-state index in [1.54, 1.807) is 62.4 Å². The van der Waals surface area contributed by atoms with Crippen molar-refractivity contribution < 1.29 is 18.0 Å². The third-order valence-electron chi connectivity index (χ3n) is 6.42. The molecule has 0 aliphatic carbocycles. The van der Waals surface area contributed by atoms with Crippen LogP contribution in [-0.4, -0.2) is 43.3 Å². The summed E-state index contributed by atoms with van der Waals surface area (Å²) in [7, 11) is -4.22. The van der Waals surface area contributed by atoms with Crippen molar-refractivity contribution in [2.24, 2.45) is 0 Å². The number of anilines is 1. The summed E-state index contributed by atoms with van der Waals surface area (Å²) in [4.78, 5) is 28.6. The maximum absolute atomic E-state index is 14.1. The van der Waals surface area contributed by atoms with Gasteiger partial charge < -0.3 is 10.2 Å². The third kappa shape index (κ3) is 8.16. The van der Waals surface area contributed by atoms with Gasteiger partial charge in [-0.15, -0.1) is 0 Å². The zero-order chi connectivity index (χ0) is 30.7. The molecule has 1 N–H and O–H groups in total. The van der Waals surface area contributed by atoms with Crippen molar-refractivity contribution in [2.45, 2.75) is 64.6 Å². The van der Waals surface area contributed by atoms with E-state index in [9.17, 15) is 18.0 Å². The average Bonchev–Trinajstić information content (AvgIpc) is 2.87. The van der Waals surface area contributed by atoms with Gasteiger partial charge in [0.1, 0.15) is 12.6 Å². The van der Waals surface area contributed by atoms with Crippen molar-refractivity contribution in [3.63, 3.8) is 0 Å². The van der Waals surface area contributed by atoms with E-state index in [1.807, 2.05) is 27.7 Å². The number of amides is 2. The zero-order valence-corrected chi connectivity index (χ0v) is 26.9. The minimum atomic E-state index is -4.22. The average molecular weight is 639 g/mol. The quantitative estimate of drug-likeness (QED) is 0.280. The Kier molecular flexibility index (Phi) is 10.4. The Hall–Kier alpha value is -2.78. The second-order valence-electron chi connectivity index (χ2n) is 10.9. The molecule has 0 saturated heterocycles. The van der Waals surface area contributed by atoms with Crippen LogP contribution < -0.4 is 9.62 Å². The van der Waals surface area contributed by atoms with Gasteiger partial charge in [-0.1, -0.05) is 64.6 Å². The Morgan fingerprint density at radius 1 is 0.927 bits per heavy atom. The molecule has 1 atom stereocenters. The normalized spacial score (nSPS) is 12.5. The number of carbonyl (C=O) groups is 2. The van der Waals surface area contributed by atoms with Crippen LogP contribution in [0.1, 0.15) is 44.4 Å². The van der Waals surface area contributed by atoms with Crippen molar-refractivity contribution in [2.75, 3.05) is 10.8 Å². The lowest BCUT2D eigenvalue weighted by Gasteiger charge is -2.34. The molecule has 3 aromatic carbocycles. The van der Waals surface area contributed by atoms with Crippen LogP contribution in [0.2, 0.25) is 15.1 Å². The smallest absolute Gasteiger partial charge is 0.264 e. The van der Waals surface area contributed by atoms with E-state index in [1.165, 1.54) is 17.0 Å². The Morgan fingerprint density at radius 2 is 1.56 bits per heavy atom. The van der Waals surface area contributed by atoms with Crippen LogP contribution in [0.25, 0.3) is 0 Å². The van der Waals surface area contributed by atoms with E-state index in [0.717, 1.165) is 9.87 Å². The highest BCUT2D eigenvalue weighted by atomic mass is 35.5. The number of nitrogens with zero attached hydrogens (tertiary/aromatic N) is 2. The van der Waals surface area contributed by atoms with Crippen molar-refractivity contribution >= 4 is 62.3 Å². The van der Waals surface area contributed by atoms with E-state index in [2.05, 4.69) is 5.32 Å². The van der Waals surface area contributed by atoms with E-state index in [0.29, 0.717) is 26.2 Å². The fourth-order valence-corrected chi connectivity index (χ4v) is 6.22.